The van der Waals surface area contributed by atoms with Crippen molar-refractivity contribution in [2.45, 2.75) is 25.3 Å². The quantitative estimate of drug-likeness (QED) is 0.247. The third-order valence-electron chi connectivity index (χ3n) is 6.25. The molecule has 9 heteroatoms. The van der Waals surface area contributed by atoms with Crippen molar-refractivity contribution in [2.24, 2.45) is 0 Å². The lowest BCUT2D eigenvalue weighted by Gasteiger charge is -2.10. The molecule has 2 heterocycles. The van der Waals surface area contributed by atoms with Crippen LogP contribution in [0.3, 0.4) is 0 Å². The van der Waals surface area contributed by atoms with E-state index < -0.39 is 15.9 Å². The van der Waals surface area contributed by atoms with Crippen LogP contribution in [0.1, 0.15) is 38.6 Å². The molecule has 196 valence electrons. The molecule has 39 heavy (non-hydrogen) atoms. The molecule has 0 saturated heterocycles. The number of benzene rings is 3. The monoisotopic (exact) mass is 556 g/mol. The van der Waals surface area contributed by atoms with Gasteiger partial charge in [0.05, 0.1) is 11.4 Å². The van der Waals surface area contributed by atoms with Crippen LogP contribution in [-0.4, -0.2) is 28.9 Å². The van der Waals surface area contributed by atoms with Crippen LogP contribution >= 0.6 is 11.6 Å². The Kier molecular flexibility index (Phi) is 7.32. The van der Waals surface area contributed by atoms with Crippen LogP contribution in [0.15, 0.2) is 89.8 Å². The van der Waals surface area contributed by atoms with E-state index in [1.807, 2.05) is 79.1 Å². The molecule has 7 nitrogen and oxygen atoms in total. The van der Waals surface area contributed by atoms with Crippen LogP contribution < -0.4 is 4.72 Å². The summed E-state index contributed by atoms with van der Waals surface area (Å²) < 4.78 is 29.3. The van der Waals surface area contributed by atoms with E-state index in [1.54, 1.807) is 18.2 Å². The fourth-order valence-electron chi connectivity index (χ4n) is 4.10. The average Bonchev–Trinajstić information content (AvgIpc) is 3.23. The van der Waals surface area contributed by atoms with Crippen LogP contribution in [0.25, 0.3) is 23.3 Å². The first-order valence-electron chi connectivity index (χ1n) is 12.2. The van der Waals surface area contributed by atoms with Crippen molar-refractivity contribution >= 4 is 50.8 Å². The number of hydrogen-bond donors (Lipinski definition) is 1. The summed E-state index contributed by atoms with van der Waals surface area (Å²) in [4.78, 5) is 21.9. The van der Waals surface area contributed by atoms with E-state index in [2.05, 4.69) is 14.7 Å². The van der Waals surface area contributed by atoms with Crippen LogP contribution in [-0.2, 0) is 16.6 Å². The van der Waals surface area contributed by atoms with E-state index >= 15 is 0 Å². The minimum atomic E-state index is -4.05. The Balaban J connectivity index is 1.39. The number of imidazole rings is 1. The number of aryl methyl sites for hydroxylation is 2. The number of hydrogen-bond acceptors (Lipinski definition) is 5. The van der Waals surface area contributed by atoms with Gasteiger partial charge in [-0.1, -0.05) is 83.9 Å². The second-order valence-electron chi connectivity index (χ2n) is 9.13. The molecule has 0 aliphatic rings. The molecule has 5 rings (SSSR count). The summed E-state index contributed by atoms with van der Waals surface area (Å²) in [6.07, 6.45) is 4.02. The molecule has 1 N–H and O–H groups in total. The molecule has 2 aromatic heterocycles. The predicted molar refractivity (Wildman–Crippen MR) is 154 cm³/mol. The highest BCUT2D eigenvalue weighted by Gasteiger charge is 2.21. The number of halogens is 1. The molecule has 0 aliphatic heterocycles. The zero-order chi connectivity index (χ0) is 27.6. The molecule has 0 unspecified atom stereocenters. The van der Waals surface area contributed by atoms with Crippen molar-refractivity contribution in [1.82, 2.24) is 19.3 Å². The molecule has 1 amide bonds. The van der Waals surface area contributed by atoms with Crippen LogP contribution in [0, 0.1) is 13.8 Å². The Morgan fingerprint density at radius 3 is 2.33 bits per heavy atom. The molecular formula is C30H25ClN4O3S. The number of sulfonamides is 1. The topological polar surface area (TPSA) is 94.0 Å². The van der Waals surface area contributed by atoms with Crippen LogP contribution in [0.4, 0.5) is 0 Å². The lowest BCUT2D eigenvalue weighted by Crippen LogP contribution is -2.31. The Hall–Kier alpha value is -4.27. The summed E-state index contributed by atoms with van der Waals surface area (Å²) in [5.41, 5.74) is 4.83. The van der Waals surface area contributed by atoms with Gasteiger partial charge < -0.3 is 4.57 Å². The van der Waals surface area contributed by atoms with Crippen molar-refractivity contribution in [3.05, 3.63) is 124 Å². The highest BCUT2D eigenvalue weighted by atomic mass is 35.5. The molecule has 0 aliphatic carbocycles. The third-order valence-corrected chi connectivity index (χ3v) is 7.95. The zero-order valence-corrected chi connectivity index (χ0v) is 22.9. The van der Waals surface area contributed by atoms with Crippen LogP contribution in [0.2, 0.25) is 5.02 Å². The lowest BCUT2D eigenvalue weighted by molar-refractivity contribution is 0.0977. The SMILES string of the molecule is Cc1ccc(S(=O)(=O)NC(=O)c2ccc3nc(C)n(Cc4ccc(C=Cc5ccccc5)cc4Cl)c3n2)cc1. The fourth-order valence-corrected chi connectivity index (χ4v) is 5.31. The number of fused-ring (bicyclic) bond motifs is 1. The Labute approximate surface area is 231 Å². The maximum absolute atomic E-state index is 12.9. The number of carbonyl (C=O) groups excluding carboxylic acids is 1. The number of pyridine rings is 1. The van der Waals surface area contributed by atoms with Crippen molar-refractivity contribution in [3.8, 4) is 0 Å². The number of carbonyl (C=O) groups is 1. The first kappa shape index (κ1) is 26.3. The molecule has 3 aromatic carbocycles. The molecule has 0 atom stereocenters. The van der Waals surface area contributed by atoms with Crippen molar-refractivity contribution in [2.75, 3.05) is 0 Å². The largest absolute Gasteiger partial charge is 0.308 e. The van der Waals surface area contributed by atoms with Gasteiger partial charge in [0.2, 0.25) is 0 Å². The zero-order valence-electron chi connectivity index (χ0n) is 21.3. The first-order chi connectivity index (χ1) is 18.7. The first-order valence-corrected chi connectivity index (χ1v) is 14.0. The van der Waals surface area contributed by atoms with Gasteiger partial charge in [-0.2, -0.15) is 0 Å². The number of aromatic nitrogens is 3. The predicted octanol–water partition coefficient (Wildman–Crippen LogP) is 6.04. The molecule has 0 spiro atoms. The maximum atomic E-state index is 12.9. The summed E-state index contributed by atoms with van der Waals surface area (Å²) >= 11 is 6.64. The summed E-state index contributed by atoms with van der Waals surface area (Å²) in [5.74, 6) is -0.137. The van der Waals surface area contributed by atoms with E-state index in [0.29, 0.717) is 28.6 Å². The molecular weight excluding hydrogens is 532 g/mol. The second-order valence-corrected chi connectivity index (χ2v) is 11.2. The minimum absolute atomic E-state index is 0.000108. The number of rotatable bonds is 7. The fraction of sp³-hybridized carbons (Fsp3) is 0.100. The van der Waals surface area contributed by atoms with Crippen molar-refractivity contribution in [3.63, 3.8) is 0 Å². The smallest absolute Gasteiger partial charge is 0.283 e. The number of amides is 1. The van der Waals surface area contributed by atoms with E-state index in [-0.39, 0.29) is 10.6 Å². The van der Waals surface area contributed by atoms with E-state index in [0.717, 1.165) is 22.3 Å². The van der Waals surface area contributed by atoms with Gasteiger partial charge in [0, 0.05) is 5.02 Å². The number of nitrogens with one attached hydrogen (secondary N) is 1. The summed E-state index contributed by atoms with van der Waals surface area (Å²) in [7, 11) is -4.05. The summed E-state index contributed by atoms with van der Waals surface area (Å²) in [5, 5.41) is 0.588. The Bertz CT molecular complexity index is 1810. The van der Waals surface area contributed by atoms with E-state index in [9.17, 15) is 13.2 Å². The van der Waals surface area contributed by atoms with E-state index in [1.165, 1.54) is 18.2 Å². The number of nitrogens with zero attached hydrogens (tertiary/aromatic N) is 3. The molecule has 0 radical (unpaired) electrons. The van der Waals surface area contributed by atoms with Gasteiger partial charge >= 0.3 is 0 Å². The van der Waals surface area contributed by atoms with Gasteiger partial charge in [-0.25, -0.2) is 23.1 Å². The van der Waals surface area contributed by atoms with Gasteiger partial charge in [-0.05, 0) is 60.9 Å². The molecule has 5 aromatic rings. The van der Waals surface area contributed by atoms with Gasteiger partial charge in [-0.15, -0.1) is 0 Å². The van der Waals surface area contributed by atoms with Gasteiger partial charge in [-0.3, -0.25) is 4.79 Å². The van der Waals surface area contributed by atoms with Crippen LogP contribution in [0.5, 0.6) is 0 Å². The molecule has 0 saturated carbocycles. The van der Waals surface area contributed by atoms with Crippen molar-refractivity contribution < 1.29 is 13.2 Å². The third kappa shape index (κ3) is 5.92. The highest BCUT2D eigenvalue weighted by Crippen LogP contribution is 2.24. The average molecular weight is 557 g/mol. The van der Waals surface area contributed by atoms with Gasteiger partial charge in [0.1, 0.15) is 17.0 Å². The van der Waals surface area contributed by atoms with Gasteiger partial charge in [0.25, 0.3) is 15.9 Å². The van der Waals surface area contributed by atoms with Crippen molar-refractivity contribution in [1.29, 1.82) is 0 Å². The second kappa shape index (κ2) is 10.8. The normalized spacial score (nSPS) is 11.8. The maximum Gasteiger partial charge on any atom is 0.283 e. The molecule has 0 fully saturated rings. The van der Waals surface area contributed by atoms with Gasteiger partial charge in [0.15, 0.2) is 5.65 Å². The van der Waals surface area contributed by atoms with E-state index in [4.69, 9.17) is 11.6 Å². The Morgan fingerprint density at radius 2 is 1.62 bits per heavy atom. The summed E-state index contributed by atoms with van der Waals surface area (Å²) in [6.45, 7) is 4.07. The highest BCUT2D eigenvalue weighted by molar-refractivity contribution is 7.90. The standard InChI is InChI=1S/C30H25ClN4O3S/c1-20-8-14-25(15-9-20)39(37,38)34-30(36)28-17-16-27-29(33-28)35(21(2)32-27)19-24-13-12-23(18-26(24)31)11-10-22-6-4-3-5-7-22/h3-18H,19H2,1-2H3,(H,34,36). The minimum Gasteiger partial charge on any atom is -0.308 e. The lowest BCUT2D eigenvalue weighted by atomic mass is 10.1. The summed E-state index contributed by atoms with van der Waals surface area (Å²) in [6, 6.07) is 25.2. The Morgan fingerprint density at radius 1 is 0.897 bits per heavy atom. The molecule has 0 bridgehead atoms.